The second kappa shape index (κ2) is 6.08. The van der Waals surface area contributed by atoms with E-state index in [1.165, 1.54) is 5.56 Å². The number of nitriles is 1. The molecule has 80 valence electrons. The summed E-state index contributed by atoms with van der Waals surface area (Å²) in [5, 5.41) is 11.7. The van der Waals surface area contributed by atoms with Crippen LogP contribution in [-0.4, -0.2) is 6.54 Å². The summed E-state index contributed by atoms with van der Waals surface area (Å²) in [5.41, 5.74) is 2.50. The fourth-order valence-corrected chi connectivity index (χ4v) is 1.41. The van der Waals surface area contributed by atoms with Gasteiger partial charge in [-0.25, -0.2) is 0 Å². The number of hydrogen-bond acceptors (Lipinski definition) is 2. The van der Waals surface area contributed by atoms with Gasteiger partial charge in [-0.05, 0) is 30.0 Å². The Bertz CT molecular complexity index is 337. The molecule has 1 N–H and O–H groups in total. The average Bonchev–Trinajstić information content (AvgIpc) is 2.25. The van der Waals surface area contributed by atoms with Gasteiger partial charge in [0.15, 0.2) is 0 Å². The van der Waals surface area contributed by atoms with Gasteiger partial charge in [0.25, 0.3) is 0 Å². The number of hydrogen-bond donors (Lipinski definition) is 1. The van der Waals surface area contributed by atoms with Gasteiger partial charge < -0.3 is 5.32 Å². The van der Waals surface area contributed by atoms with E-state index < -0.39 is 0 Å². The largest absolute Gasteiger partial charge is 0.385 e. The zero-order chi connectivity index (χ0) is 11.1. The standard InChI is InChI=1S/C13H18N2/c1-11(2)12-6-5-7-13(10-12)15-9-4-3-8-14/h5-7,10-11,15H,3-4,9H2,1-2H3. The molecule has 0 aliphatic rings. The lowest BCUT2D eigenvalue weighted by Crippen LogP contribution is -2.01. The maximum atomic E-state index is 8.40. The van der Waals surface area contributed by atoms with Crippen LogP contribution in [0.3, 0.4) is 0 Å². The van der Waals surface area contributed by atoms with E-state index in [1.807, 2.05) is 0 Å². The summed E-state index contributed by atoms with van der Waals surface area (Å²) in [6, 6.07) is 10.6. The monoisotopic (exact) mass is 202 g/mol. The van der Waals surface area contributed by atoms with Crippen molar-refractivity contribution in [3.05, 3.63) is 29.8 Å². The van der Waals surface area contributed by atoms with Gasteiger partial charge in [-0.1, -0.05) is 26.0 Å². The summed E-state index contributed by atoms with van der Waals surface area (Å²) in [4.78, 5) is 0. The summed E-state index contributed by atoms with van der Waals surface area (Å²) < 4.78 is 0. The molecule has 0 amide bonds. The number of rotatable bonds is 5. The van der Waals surface area contributed by atoms with Gasteiger partial charge in [-0.2, -0.15) is 5.26 Å². The molecule has 0 radical (unpaired) electrons. The summed E-state index contributed by atoms with van der Waals surface area (Å²) >= 11 is 0. The van der Waals surface area contributed by atoms with E-state index in [2.05, 4.69) is 49.5 Å². The molecule has 0 aromatic heterocycles. The quantitative estimate of drug-likeness (QED) is 0.741. The van der Waals surface area contributed by atoms with Gasteiger partial charge in [-0.15, -0.1) is 0 Å². The van der Waals surface area contributed by atoms with Gasteiger partial charge in [0.1, 0.15) is 0 Å². The Balaban J connectivity index is 2.48. The Labute approximate surface area is 91.9 Å². The van der Waals surface area contributed by atoms with Crippen molar-refractivity contribution in [2.75, 3.05) is 11.9 Å². The number of anilines is 1. The molecule has 0 atom stereocenters. The van der Waals surface area contributed by atoms with Crippen LogP contribution >= 0.6 is 0 Å². The van der Waals surface area contributed by atoms with Gasteiger partial charge in [0.05, 0.1) is 6.07 Å². The van der Waals surface area contributed by atoms with Crippen molar-refractivity contribution in [2.24, 2.45) is 0 Å². The van der Waals surface area contributed by atoms with Crippen molar-refractivity contribution in [2.45, 2.75) is 32.6 Å². The molecule has 2 nitrogen and oxygen atoms in total. The predicted octanol–water partition coefficient (Wildman–Crippen LogP) is 3.53. The molecule has 0 aliphatic heterocycles. The number of nitrogens with zero attached hydrogens (tertiary/aromatic N) is 1. The molecular weight excluding hydrogens is 184 g/mol. The maximum absolute atomic E-state index is 8.40. The molecule has 0 saturated heterocycles. The van der Waals surface area contributed by atoms with Crippen LogP contribution in [0.2, 0.25) is 0 Å². The SMILES string of the molecule is CC(C)c1cccc(NCCCC#N)c1. The highest BCUT2D eigenvalue weighted by atomic mass is 14.9. The van der Waals surface area contributed by atoms with Crippen molar-refractivity contribution in [1.29, 1.82) is 5.26 Å². The smallest absolute Gasteiger partial charge is 0.0622 e. The molecule has 0 spiro atoms. The summed E-state index contributed by atoms with van der Waals surface area (Å²) in [7, 11) is 0. The van der Waals surface area contributed by atoms with E-state index in [4.69, 9.17) is 5.26 Å². The Morgan fingerprint density at radius 2 is 2.20 bits per heavy atom. The Hall–Kier alpha value is -1.49. The Morgan fingerprint density at radius 3 is 2.87 bits per heavy atom. The molecule has 0 bridgehead atoms. The molecule has 0 fully saturated rings. The van der Waals surface area contributed by atoms with Crippen LogP contribution in [0.25, 0.3) is 0 Å². The number of nitrogens with one attached hydrogen (secondary N) is 1. The molecule has 0 heterocycles. The Kier molecular flexibility index (Phi) is 4.70. The van der Waals surface area contributed by atoms with Crippen molar-refractivity contribution >= 4 is 5.69 Å². The van der Waals surface area contributed by atoms with E-state index >= 15 is 0 Å². The molecule has 1 aromatic carbocycles. The van der Waals surface area contributed by atoms with Gasteiger partial charge in [-0.3, -0.25) is 0 Å². The normalized spacial score (nSPS) is 10.0. The minimum atomic E-state index is 0.561. The third-order valence-electron chi connectivity index (χ3n) is 2.35. The van der Waals surface area contributed by atoms with Gasteiger partial charge in [0, 0.05) is 18.7 Å². The van der Waals surface area contributed by atoms with Crippen molar-refractivity contribution in [1.82, 2.24) is 0 Å². The fourth-order valence-electron chi connectivity index (χ4n) is 1.41. The average molecular weight is 202 g/mol. The van der Waals surface area contributed by atoms with Crippen LogP contribution in [0.4, 0.5) is 5.69 Å². The third kappa shape index (κ3) is 4.03. The lowest BCUT2D eigenvalue weighted by molar-refractivity contribution is 0.864. The molecule has 0 unspecified atom stereocenters. The highest BCUT2D eigenvalue weighted by Gasteiger charge is 1.99. The molecule has 1 aromatic rings. The van der Waals surface area contributed by atoms with Crippen molar-refractivity contribution in [3.8, 4) is 6.07 Å². The second-order valence-electron chi connectivity index (χ2n) is 3.97. The van der Waals surface area contributed by atoms with E-state index in [0.29, 0.717) is 12.3 Å². The molecule has 1 rings (SSSR count). The van der Waals surface area contributed by atoms with Crippen LogP contribution in [-0.2, 0) is 0 Å². The zero-order valence-corrected chi connectivity index (χ0v) is 9.46. The molecule has 2 heteroatoms. The summed E-state index contributed by atoms with van der Waals surface area (Å²) in [6.07, 6.45) is 1.53. The molecule has 0 saturated carbocycles. The lowest BCUT2D eigenvalue weighted by atomic mass is 10.0. The highest BCUT2D eigenvalue weighted by molar-refractivity contribution is 5.46. The fraction of sp³-hybridized carbons (Fsp3) is 0.462. The number of benzene rings is 1. The minimum Gasteiger partial charge on any atom is -0.385 e. The Morgan fingerprint density at radius 1 is 1.40 bits per heavy atom. The van der Waals surface area contributed by atoms with Crippen LogP contribution in [0.5, 0.6) is 0 Å². The first-order valence-corrected chi connectivity index (χ1v) is 5.45. The first kappa shape index (κ1) is 11.6. The first-order chi connectivity index (χ1) is 7.24. The van der Waals surface area contributed by atoms with Crippen molar-refractivity contribution in [3.63, 3.8) is 0 Å². The van der Waals surface area contributed by atoms with E-state index in [-0.39, 0.29) is 0 Å². The zero-order valence-electron chi connectivity index (χ0n) is 9.46. The first-order valence-electron chi connectivity index (χ1n) is 5.45. The van der Waals surface area contributed by atoms with Gasteiger partial charge in [0.2, 0.25) is 0 Å². The lowest BCUT2D eigenvalue weighted by Gasteiger charge is -2.09. The number of unbranched alkanes of at least 4 members (excludes halogenated alkanes) is 1. The minimum absolute atomic E-state index is 0.561. The topological polar surface area (TPSA) is 35.8 Å². The van der Waals surface area contributed by atoms with E-state index in [1.54, 1.807) is 0 Å². The van der Waals surface area contributed by atoms with Crippen molar-refractivity contribution < 1.29 is 0 Å². The third-order valence-corrected chi connectivity index (χ3v) is 2.35. The molecule has 15 heavy (non-hydrogen) atoms. The molecular formula is C13H18N2. The van der Waals surface area contributed by atoms with Crippen LogP contribution in [0, 0.1) is 11.3 Å². The van der Waals surface area contributed by atoms with E-state index in [9.17, 15) is 0 Å². The van der Waals surface area contributed by atoms with Gasteiger partial charge >= 0.3 is 0 Å². The highest BCUT2D eigenvalue weighted by Crippen LogP contribution is 2.18. The molecule has 0 aliphatic carbocycles. The summed E-state index contributed by atoms with van der Waals surface area (Å²) in [5.74, 6) is 0.561. The maximum Gasteiger partial charge on any atom is 0.0622 e. The summed E-state index contributed by atoms with van der Waals surface area (Å²) in [6.45, 7) is 5.25. The predicted molar refractivity (Wildman–Crippen MR) is 63.9 cm³/mol. The van der Waals surface area contributed by atoms with Crippen LogP contribution < -0.4 is 5.32 Å². The van der Waals surface area contributed by atoms with Crippen LogP contribution in [0.15, 0.2) is 24.3 Å². The van der Waals surface area contributed by atoms with E-state index in [0.717, 1.165) is 18.7 Å². The van der Waals surface area contributed by atoms with Crippen LogP contribution in [0.1, 0.15) is 38.2 Å². The second-order valence-corrected chi connectivity index (χ2v) is 3.97.